The van der Waals surface area contributed by atoms with E-state index >= 15 is 0 Å². The quantitative estimate of drug-likeness (QED) is 0.561. The summed E-state index contributed by atoms with van der Waals surface area (Å²) >= 11 is 0. The Kier molecular flexibility index (Phi) is 3.29. The van der Waals surface area contributed by atoms with Gasteiger partial charge < -0.3 is 0 Å². The summed E-state index contributed by atoms with van der Waals surface area (Å²) in [5.41, 5.74) is 0. The molecule has 2 atom stereocenters. The van der Waals surface area contributed by atoms with Crippen LogP contribution in [-0.4, -0.2) is 0 Å². The molecule has 1 unspecified atom stereocenters. The molecule has 0 heteroatoms. The fraction of sp³-hybridized carbons (Fsp3) is 1.00. The van der Waals surface area contributed by atoms with Gasteiger partial charge in [0, 0.05) is 0 Å². The fourth-order valence-electron chi connectivity index (χ4n) is 3.51. The van der Waals surface area contributed by atoms with E-state index in [0.29, 0.717) is 0 Å². The highest BCUT2D eigenvalue weighted by Gasteiger charge is 2.27. The summed E-state index contributed by atoms with van der Waals surface area (Å²) in [5, 5.41) is 0. The predicted molar refractivity (Wildman–Crippen MR) is 57.7 cm³/mol. The predicted octanol–water partition coefficient (Wildman–Crippen LogP) is 4.39. The molecule has 0 N–H and O–H groups in total. The Bertz CT molecular complexity index is 144. The molecule has 2 aliphatic rings. The molecular weight excluding hydrogens is 156 g/mol. The largest absolute Gasteiger partial charge is 0.0625 e. The monoisotopic (exact) mass is 180 g/mol. The Labute approximate surface area is 83.1 Å². The zero-order chi connectivity index (χ0) is 9.10. The van der Waals surface area contributed by atoms with E-state index in [1.54, 1.807) is 25.7 Å². The molecule has 2 aliphatic carbocycles. The van der Waals surface area contributed by atoms with E-state index in [-0.39, 0.29) is 0 Å². The Hall–Kier alpha value is 0. The third-order valence-corrected chi connectivity index (χ3v) is 4.29. The molecule has 2 rings (SSSR count). The van der Waals surface area contributed by atoms with Crippen molar-refractivity contribution in [2.45, 2.75) is 64.7 Å². The summed E-state index contributed by atoms with van der Waals surface area (Å²) in [7, 11) is 0. The van der Waals surface area contributed by atoms with Crippen molar-refractivity contribution in [3.05, 3.63) is 0 Å². The molecule has 0 nitrogen and oxygen atoms in total. The van der Waals surface area contributed by atoms with Gasteiger partial charge in [-0.1, -0.05) is 58.3 Å². The van der Waals surface area contributed by atoms with Gasteiger partial charge in [0.05, 0.1) is 0 Å². The third-order valence-electron chi connectivity index (χ3n) is 4.29. The normalized spacial score (nSPS) is 37.6. The van der Waals surface area contributed by atoms with Crippen LogP contribution in [-0.2, 0) is 0 Å². The van der Waals surface area contributed by atoms with Gasteiger partial charge in [0.15, 0.2) is 0 Å². The molecule has 13 heavy (non-hydrogen) atoms. The van der Waals surface area contributed by atoms with Gasteiger partial charge in [-0.15, -0.1) is 0 Å². The molecule has 0 radical (unpaired) electrons. The molecule has 0 heterocycles. The van der Waals surface area contributed by atoms with E-state index < -0.39 is 0 Å². The van der Waals surface area contributed by atoms with Crippen LogP contribution in [0.5, 0.6) is 0 Å². The minimum absolute atomic E-state index is 1.03. The van der Waals surface area contributed by atoms with E-state index in [9.17, 15) is 0 Å². The second kappa shape index (κ2) is 4.48. The molecule has 0 aromatic rings. The standard InChI is InChI=1S/C13H24/c1-11-6-5-9-13(10-11)12-7-3-2-4-8-12/h11-13H,2-10H2,1H3/t11-,13?/m0/s1. The maximum Gasteiger partial charge on any atom is -0.0383 e. The zero-order valence-electron chi connectivity index (χ0n) is 9.10. The van der Waals surface area contributed by atoms with Gasteiger partial charge in [0.1, 0.15) is 0 Å². The number of hydrogen-bond acceptors (Lipinski definition) is 0. The first kappa shape index (κ1) is 9.55. The molecule has 2 saturated carbocycles. The number of hydrogen-bond donors (Lipinski definition) is 0. The van der Waals surface area contributed by atoms with Crippen molar-refractivity contribution in [3.63, 3.8) is 0 Å². The van der Waals surface area contributed by atoms with Gasteiger partial charge >= 0.3 is 0 Å². The minimum Gasteiger partial charge on any atom is -0.0625 e. The van der Waals surface area contributed by atoms with Crippen molar-refractivity contribution in [1.29, 1.82) is 0 Å². The Balaban J connectivity index is 1.83. The van der Waals surface area contributed by atoms with Crippen LogP contribution < -0.4 is 0 Å². The summed E-state index contributed by atoms with van der Waals surface area (Å²) in [6, 6.07) is 0. The maximum atomic E-state index is 2.45. The van der Waals surface area contributed by atoms with E-state index in [4.69, 9.17) is 0 Å². The Morgan fingerprint density at radius 1 is 0.692 bits per heavy atom. The lowest BCUT2D eigenvalue weighted by molar-refractivity contribution is 0.166. The topological polar surface area (TPSA) is 0 Å². The smallest absolute Gasteiger partial charge is 0.0383 e. The van der Waals surface area contributed by atoms with E-state index in [2.05, 4.69) is 6.92 Å². The van der Waals surface area contributed by atoms with Gasteiger partial charge in [-0.3, -0.25) is 0 Å². The molecular formula is C13H24. The SMILES string of the molecule is C[C@H]1CCCC(C2CCCCC2)C1. The molecule has 0 aromatic heterocycles. The van der Waals surface area contributed by atoms with Gasteiger partial charge in [0.25, 0.3) is 0 Å². The molecule has 0 saturated heterocycles. The molecule has 0 aliphatic heterocycles. The van der Waals surface area contributed by atoms with Crippen LogP contribution in [0.15, 0.2) is 0 Å². The summed E-state index contributed by atoms with van der Waals surface area (Å²) in [5.74, 6) is 3.27. The Morgan fingerprint density at radius 2 is 1.38 bits per heavy atom. The molecule has 76 valence electrons. The Morgan fingerprint density at radius 3 is 2.08 bits per heavy atom. The molecule has 0 amide bonds. The van der Waals surface area contributed by atoms with Crippen LogP contribution in [0.25, 0.3) is 0 Å². The highest BCUT2D eigenvalue weighted by molar-refractivity contribution is 4.78. The number of rotatable bonds is 1. The van der Waals surface area contributed by atoms with E-state index in [1.807, 2.05) is 0 Å². The van der Waals surface area contributed by atoms with Crippen molar-refractivity contribution in [2.24, 2.45) is 17.8 Å². The highest BCUT2D eigenvalue weighted by Crippen LogP contribution is 2.39. The van der Waals surface area contributed by atoms with Gasteiger partial charge in [0.2, 0.25) is 0 Å². The molecule has 0 bridgehead atoms. The summed E-state index contributed by atoms with van der Waals surface area (Å²) in [6.07, 6.45) is 13.8. The van der Waals surface area contributed by atoms with E-state index in [1.165, 1.54) is 32.1 Å². The maximum absolute atomic E-state index is 2.45. The second-order valence-electron chi connectivity index (χ2n) is 5.43. The van der Waals surface area contributed by atoms with E-state index in [0.717, 1.165) is 17.8 Å². The average molecular weight is 180 g/mol. The molecule has 0 spiro atoms. The molecule has 0 aromatic carbocycles. The fourth-order valence-corrected chi connectivity index (χ4v) is 3.51. The lowest BCUT2D eigenvalue weighted by Crippen LogP contribution is -2.23. The van der Waals surface area contributed by atoms with Gasteiger partial charge in [-0.25, -0.2) is 0 Å². The third kappa shape index (κ3) is 2.48. The van der Waals surface area contributed by atoms with Crippen molar-refractivity contribution >= 4 is 0 Å². The van der Waals surface area contributed by atoms with Crippen LogP contribution in [0.3, 0.4) is 0 Å². The first-order chi connectivity index (χ1) is 6.36. The van der Waals surface area contributed by atoms with Crippen LogP contribution in [0, 0.1) is 17.8 Å². The zero-order valence-corrected chi connectivity index (χ0v) is 9.10. The van der Waals surface area contributed by atoms with Crippen molar-refractivity contribution < 1.29 is 0 Å². The first-order valence-corrected chi connectivity index (χ1v) is 6.36. The van der Waals surface area contributed by atoms with Crippen molar-refractivity contribution in [2.75, 3.05) is 0 Å². The average Bonchev–Trinajstić information content (AvgIpc) is 2.19. The summed E-state index contributed by atoms with van der Waals surface area (Å²) in [4.78, 5) is 0. The lowest BCUT2D eigenvalue weighted by atomic mass is 9.71. The van der Waals surface area contributed by atoms with Crippen LogP contribution in [0.2, 0.25) is 0 Å². The van der Waals surface area contributed by atoms with Crippen LogP contribution in [0.1, 0.15) is 64.7 Å². The van der Waals surface area contributed by atoms with Crippen molar-refractivity contribution in [3.8, 4) is 0 Å². The van der Waals surface area contributed by atoms with Crippen LogP contribution in [0.4, 0.5) is 0 Å². The lowest BCUT2D eigenvalue weighted by Gasteiger charge is -2.35. The highest BCUT2D eigenvalue weighted by atomic mass is 14.3. The van der Waals surface area contributed by atoms with Gasteiger partial charge in [-0.05, 0) is 24.2 Å². The minimum atomic E-state index is 1.03. The summed E-state index contributed by atoms with van der Waals surface area (Å²) in [6.45, 7) is 2.45. The van der Waals surface area contributed by atoms with Gasteiger partial charge in [-0.2, -0.15) is 0 Å². The van der Waals surface area contributed by atoms with Crippen molar-refractivity contribution in [1.82, 2.24) is 0 Å². The summed E-state index contributed by atoms with van der Waals surface area (Å²) < 4.78 is 0. The molecule has 2 fully saturated rings. The first-order valence-electron chi connectivity index (χ1n) is 6.36. The second-order valence-corrected chi connectivity index (χ2v) is 5.43. The van der Waals surface area contributed by atoms with Crippen LogP contribution >= 0.6 is 0 Å².